The van der Waals surface area contributed by atoms with Gasteiger partial charge in [0.05, 0.1) is 22.8 Å². The van der Waals surface area contributed by atoms with Crippen molar-refractivity contribution in [3.63, 3.8) is 0 Å². The Labute approximate surface area is 166 Å². The number of halogens is 2. The number of amides is 1. The molecule has 0 unspecified atom stereocenters. The van der Waals surface area contributed by atoms with Crippen LogP contribution in [0.2, 0.25) is 5.02 Å². The molecular formula is C19H18ClFN6O. The third kappa shape index (κ3) is 3.88. The maximum absolute atomic E-state index is 13.5. The SMILES string of the molecule is O=C(c1ccccc1Cl)N1CCN(Cc2nnnn2-c2cccc(F)c2)CC1. The first-order valence-corrected chi connectivity index (χ1v) is 9.29. The standard InChI is InChI=1S/C19H18ClFN6O/c20-17-7-2-1-6-16(17)19(28)26-10-8-25(9-11-26)13-18-22-23-24-27(18)15-5-3-4-14(21)12-15/h1-7,12H,8-11,13H2. The lowest BCUT2D eigenvalue weighted by Crippen LogP contribution is -2.48. The zero-order valence-corrected chi connectivity index (χ0v) is 15.8. The average molecular weight is 401 g/mol. The third-order valence-electron chi connectivity index (χ3n) is 4.72. The van der Waals surface area contributed by atoms with Crippen LogP contribution in [0.4, 0.5) is 4.39 Å². The van der Waals surface area contributed by atoms with Gasteiger partial charge in [-0.25, -0.2) is 4.39 Å². The number of carbonyl (C=O) groups is 1. The molecule has 9 heteroatoms. The van der Waals surface area contributed by atoms with Crippen molar-refractivity contribution in [2.75, 3.05) is 26.2 Å². The molecule has 1 aliphatic rings. The summed E-state index contributed by atoms with van der Waals surface area (Å²) in [5.74, 6) is 0.219. The van der Waals surface area contributed by atoms with Crippen molar-refractivity contribution in [2.24, 2.45) is 0 Å². The highest BCUT2D eigenvalue weighted by Crippen LogP contribution is 2.19. The van der Waals surface area contributed by atoms with Gasteiger partial charge in [-0.15, -0.1) is 5.10 Å². The van der Waals surface area contributed by atoms with E-state index >= 15 is 0 Å². The van der Waals surface area contributed by atoms with Gasteiger partial charge in [0.25, 0.3) is 5.91 Å². The predicted octanol–water partition coefficient (Wildman–Crippen LogP) is 2.41. The van der Waals surface area contributed by atoms with Crippen LogP contribution in [0.1, 0.15) is 16.2 Å². The van der Waals surface area contributed by atoms with E-state index in [1.807, 2.05) is 6.07 Å². The lowest BCUT2D eigenvalue weighted by atomic mass is 10.2. The molecule has 0 spiro atoms. The van der Waals surface area contributed by atoms with Gasteiger partial charge in [-0.1, -0.05) is 29.8 Å². The van der Waals surface area contributed by atoms with Gasteiger partial charge in [0.1, 0.15) is 5.82 Å². The minimum Gasteiger partial charge on any atom is -0.336 e. The summed E-state index contributed by atoms with van der Waals surface area (Å²) in [6.45, 7) is 3.06. The van der Waals surface area contributed by atoms with Gasteiger partial charge in [-0.2, -0.15) is 4.68 Å². The van der Waals surface area contributed by atoms with Crippen molar-refractivity contribution in [1.29, 1.82) is 0 Å². The molecule has 1 aliphatic heterocycles. The molecule has 0 aliphatic carbocycles. The molecule has 0 saturated carbocycles. The average Bonchev–Trinajstić information content (AvgIpc) is 3.17. The Kier molecular flexibility index (Phi) is 5.31. The van der Waals surface area contributed by atoms with Crippen LogP contribution in [0.3, 0.4) is 0 Å². The molecule has 1 aromatic heterocycles. The first-order valence-electron chi connectivity index (χ1n) is 8.91. The van der Waals surface area contributed by atoms with Crippen LogP contribution in [0.25, 0.3) is 5.69 Å². The summed E-state index contributed by atoms with van der Waals surface area (Å²) >= 11 is 6.14. The second-order valence-corrected chi connectivity index (χ2v) is 6.94. The fourth-order valence-corrected chi connectivity index (χ4v) is 3.44. The number of hydrogen-bond donors (Lipinski definition) is 0. The van der Waals surface area contributed by atoms with E-state index in [1.165, 1.54) is 16.8 Å². The van der Waals surface area contributed by atoms with E-state index in [0.717, 1.165) is 0 Å². The van der Waals surface area contributed by atoms with Gasteiger partial charge in [0.15, 0.2) is 5.82 Å². The Morgan fingerprint density at radius 1 is 1.07 bits per heavy atom. The van der Waals surface area contributed by atoms with Crippen molar-refractivity contribution in [3.05, 3.63) is 70.8 Å². The topological polar surface area (TPSA) is 67.2 Å². The van der Waals surface area contributed by atoms with E-state index in [1.54, 1.807) is 35.2 Å². The molecule has 7 nitrogen and oxygen atoms in total. The van der Waals surface area contributed by atoms with Crippen molar-refractivity contribution in [3.8, 4) is 5.69 Å². The van der Waals surface area contributed by atoms with Crippen molar-refractivity contribution < 1.29 is 9.18 Å². The lowest BCUT2D eigenvalue weighted by molar-refractivity contribution is 0.0624. The van der Waals surface area contributed by atoms with Crippen LogP contribution in [-0.4, -0.2) is 62.1 Å². The van der Waals surface area contributed by atoms with Gasteiger partial charge < -0.3 is 4.90 Å². The van der Waals surface area contributed by atoms with Gasteiger partial charge >= 0.3 is 0 Å². The van der Waals surface area contributed by atoms with Crippen molar-refractivity contribution in [2.45, 2.75) is 6.54 Å². The number of piperazine rings is 1. The molecule has 0 atom stereocenters. The summed E-state index contributed by atoms with van der Waals surface area (Å²) < 4.78 is 15.0. The van der Waals surface area contributed by atoms with Crippen LogP contribution >= 0.6 is 11.6 Å². The second-order valence-electron chi connectivity index (χ2n) is 6.53. The van der Waals surface area contributed by atoms with Crippen LogP contribution in [0.5, 0.6) is 0 Å². The Hall–Kier alpha value is -2.84. The summed E-state index contributed by atoms with van der Waals surface area (Å²) in [6.07, 6.45) is 0. The molecule has 28 heavy (non-hydrogen) atoms. The lowest BCUT2D eigenvalue weighted by Gasteiger charge is -2.34. The van der Waals surface area contributed by atoms with Gasteiger partial charge in [0, 0.05) is 26.2 Å². The molecule has 3 aromatic rings. The van der Waals surface area contributed by atoms with Crippen LogP contribution < -0.4 is 0 Å². The fourth-order valence-electron chi connectivity index (χ4n) is 3.23. The summed E-state index contributed by atoms with van der Waals surface area (Å²) in [5, 5.41) is 12.2. The molecule has 1 fully saturated rings. The highest BCUT2D eigenvalue weighted by Gasteiger charge is 2.24. The highest BCUT2D eigenvalue weighted by molar-refractivity contribution is 6.33. The number of carbonyl (C=O) groups excluding carboxylic acids is 1. The minimum atomic E-state index is -0.342. The molecule has 4 rings (SSSR count). The smallest absolute Gasteiger partial charge is 0.255 e. The first kappa shape index (κ1) is 18.5. The highest BCUT2D eigenvalue weighted by atomic mass is 35.5. The quantitative estimate of drug-likeness (QED) is 0.672. The van der Waals surface area contributed by atoms with E-state index in [2.05, 4.69) is 20.4 Å². The Morgan fingerprint density at radius 2 is 1.86 bits per heavy atom. The van der Waals surface area contributed by atoms with E-state index < -0.39 is 0 Å². The summed E-state index contributed by atoms with van der Waals surface area (Å²) in [7, 11) is 0. The molecule has 2 aromatic carbocycles. The van der Waals surface area contributed by atoms with Crippen LogP contribution in [-0.2, 0) is 6.54 Å². The van der Waals surface area contributed by atoms with Gasteiger partial charge in [-0.3, -0.25) is 9.69 Å². The van der Waals surface area contributed by atoms with Crippen LogP contribution in [0.15, 0.2) is 48.5 Å². The first-order chi connectivity index (χ1) is 13.6. The van der Waals surface area contributed by atoms with Crippen molar-refractivity contribution in [1.82, 2.24) is 30.0 Å². The molecule has 2 heterocycles. The maximum Gasteiger partial charge on any atom is 0.255 e. The largest absolute Gasteiger partial charge is 0.336 e. The van der Waals surface area contributed by atoms with E-state index in [9.17, 15) is 9.18 Å². The van der Waals surface area contributed by atoms with Crippen molar-refractivity contribution >= 4 is 17.5 Å². The number of benzene rings is 2. The van der Waals surface area contributed by atoms with Crippen LogP contribution in [0, 0.1) is 5.82 Å². The molecule has 0 bridgehead atoms. The second kappa shape index (κ2) is 8.04. The molecule has 1 amide bonds. The number of tetrazole rings is 1. The molecule has 1 saturated heterocycles. The Balaban J connectivity index is 1.40. The van der Waals surface area contributed by atoms with E-state index in [4.69, 9.17) is 11.6 Å². The molecule has 0 radical (unpaired) electrons. The third-order valence-corrected chi connectivity index (χ3v) is 5.05. The summed E-state index contributed by atoms with van der Waals surface area (Å²) in [5.41, 5.74) is 1.10. The Morgan fingerprint density at radius 3 is 2.61 bits per heavy atom. The van der Waals surface area contributed by atoms with E-state index in [0.29, 0.717) is 54.8 Å². The maximum atomic E-state index is 13.5. The molecular weight excluding hydrogens is 383 g/mol. The normalized spacial score (nSPS) is 15.0. The zero-order valence-electron chi connectivity index (χ0n) is 15.0. The fraction of sp³-hybridized carbons (Fsp3) is 0.263. The van der Waals surface area contributed by atoms with Gasteiger partial charge in [0.2, 0.25) is 0 Å². The number of nitrogens with zero attached hydrogens (tertiary/aromatic N) is 6. The number of rotatable bonds is 4. The molecule has 0 N–H and O–H groups in total. The predicted molar refractivity (Wildman–Crippen MR) is 102 cm³/mol. The monoisotopic (exact) mass is 400 g/mol. The minimum absolute atomic E-state index is 0.0603. The van der Waals surface area contributed by atoms with Gasteiger partial charge in [-0.05, 0) is 40.8 Å². The number of hydrogen-bond acceptors (Lipinski definition) is 5. The summed E-state index contributed by atoms with van der Waals surface area (Å²) in [6, 6.07) is 13.2. The molecule has 144 valence electrons. The number of aromatic nitrogens is 4. The zero-order chi connectivity index (χ0) is 19.5. The summed E-state index contributed by atoms with van der Waals surface area (Å²) in [4.78, 5) is 16.6. The Bertz CT molecular complexity index is 986. The van der Waals surface area contributed by atoms with E-state index in [-0.39, 0.29) is 11.7 Å².